The van der Waals surface area contributed by atoms with E-state index < -0.39 is 0 Å². The van der Waals surface area contributed by atoms with Gasteiger partial charge in [0.15, 0.2) is 0 Å². The smallest absolute Gasteiger partial charge is 0.252 e. The second-order valence-electron chi connectivity index (χ2n) is 8.10. The van der Waals surface area contributed by atoms with Gasteiger partial charge in [0.2, 0.25) is 0 Å². The predicted octanol–water partition coefficient (Wildman–Crippen LogP) is 4.88. The van der Waals surface area contributed by atoms with Crippen molar-refractivity contribution in [3.8, 4) is 0 Å². The minimum absolute atomic E-state index is 0.119. The van der Waals surface area contributed by atoms with E-state index in [1.54, 1.807) is 7.11 Å². The zero-order valence-corrected chi connectivity index (χ0v) is 18.5. The molecule has 6 nitrogen and oxygen atoms in total. The average Bonchev–Trinajstić information content (AvgIpc) is 3.47. The number of amides is 1. The molecule has 2 heterocycles. The van der Waals surface area contributed by atoms with Crippen LogP contribution in [0, 0.1) is 0 Å². The molecule has 0 saturated heterocycles. The maximum atomic E-state index is 13.5. The van der Waals surface area contributed by atoms with E-state index >= 15 is 0 Å². The first-order valence-corrected chi connectivity index (χ1v) is 11.1. The molecule has 5 aromatic rings. The van der Waals surface area contributed by atoms with E-state index in [1.165, 1.54) is 0 Å². The van der Waals surface area contributed by atoms with Crippen molar-refractivity contribution >= 4 is 27.8 Å². The number of hydrogen-bond acceptors (Lipinski definition) is 3. The maximum absolute atomic E-state index is 13.5. The molecule has 0 unspecified atom stereocenters. The van der Waals surface area contributed by atoms with Crippen LogP contribution in [0.4, 0.5) is 0 Å². The van der Waals surface area contributed by atoms with Crippen LogP contribution in [0.2, 0.25) is 0 Å². The molecule has 0 radical (unpaired) electrons. The van der Waals surface area contributed by atoms with Gasteiger partial charge in [-0.05, 0) is 42.3 Å². The summed E-state index contributed by atoms with van der Waals surface area (Å²) in [7, 11) is 1.69. The van der Waals surface area contributed by atoms with E-state index in [1.807, 2.05) is 72.9 Å². The van der Waals surface area contributed by atoms with Crippen LogP contribution in [0.25, 0.3) is 21.9 Å². The molecule has 0 aliphatic carbocycles. The molecule has 0 fully saturated rings. The number of carbonyl (C=O) groups is 1. The molecule has 166 valence electrons. The van der Waals surface area contributed by atoms with Crippen LogP contribution in [0.3, 0.4) is 0 Å². The zero-order chi connectivity index (χ0) is 22.6. The molecule has 1 amide bonds. The topological polar surface area (TPSA) is 71.9 Å². The third kappa shape index (κ3) is 4.38. The molecule has 1 atom stereocenters. The van der Waals surface area contributed by atoms with Gasteiger partial charge in [-0.15, -0.1) is 0 Å². The lowest BCUT2D eigenvalue weighted by molar-refractivity contribution is 0.0936. The fourth-order valence-electron chi connectivity index (χ4n) is 4.25. The van der Waals surface area contributed by atoms with Crippen LogP contribution in [0.15, 0.2) is 85.1 Å². The summed E-state index contributed by atoms with van der Waals surface area (Å²) < 4.78 is 7.32. The van der Waals surface area contributed by atoms with Crippen LogP contribution < -0.4 is 5.32 Å². The Kier molecular flexibility index (Phi) is 5.91. The van der Waals surface area contributed by atoms with Crippen molar-refractivity contribution in [2.75, 3.05) is 13.7 Å². The minimum Gasteiger partial charge on any atom is -0.383 e. The van der Waals surface area contributed by atoms with Gasteiger partial charge < -0.3 is 19.6 Å². The number of benzene rings is 3. The number of methoxy groups -OCH3 is 1. The monoisotopic (exact) mass is 438 g/mol. The quantitative estimate of drug-likeness (QED) is 0.363. The van der Waals surface area contributed by atoms with Crippen LogP contribution in [-0.4, -0.2) is 34.2 Å². The molecule has 0 saturated carbocycles. The van der Waals surface area contributed by atoms with Crippen LogP contribution in [0.1, 0.15) is 27.8 Å². The molecule has 2 N–H and O–H groups in total. The summed E-state index contributed by atoms with van der Waals surface area (Å²) in [5.41, 5.74) is 4.64. The summed E-state index contributed by atoms with van der Waals surface area (Å²) in [6, 6.07) is 25.6. The summed E-state index contributed by atoms with van der Waals surface area (Å²) in [6.07, 6.45) is 2.64. The molecule has 2 aromatic heterocycles. The van der Waals surface area contributed by atoms with Gasteiger partial charge in [0, 0.05) is 36.3 Å². The van der Waals surface area contributed by atoms with E-state index in [0.29, 0.717) is 18.6 Å². The summed E-state index contributed by atoms with van der Waals surface area (Å²) in [6.45, 7) is 1.35. The van der Waals surface area contributed by atoms with Crippen LogP contribution >= 0.6 is 0 Å². The largest absolute Gasteiger partial charge is 0.383 e. The third-order valence-corrected chi connectivity index (χ3v) is 5.92. The van der Waals surface area contributed by atoms with E-state index in [-0.39, 0.29) is 11.9 Å². The number of ether oxygens (including phenoxy) is 1. The summed E-state index contributed by atoms with van der Waals surface area (Å²) >= 11 is 0. The number of fused-ring (bicyclic) bond motifs is 2. The van der Waals surface area contributed by atoms with E-state index in [2.05, 4.69) is 27.0 Å². The summed E-state index contributed by atoms with van der Waals surface area (Å²) in [5.74, 6) is 0.629. The van der Waals surface area contributed by atoms with E-state index in [4.69, 9.17) is 9.72 Å². The maximum Gasteiger partial charge on any atom is 0.252 e. The normalized spacial score (nSPS) is 12.3. The number of rotatable bonds is 8. The number of aromatic nitrogens is 3. The average molecular weight is 439 g/mol. The molecule has 3 aromatic carbocycles. The molecule has 6 heteroatoms. The number of H-pyrrole nitrogens is 1. The van der Waals surface area contributed by atoms with Gasteiger partial charge in [-0.2, -0.15) is 0 Å². The standard InChI is InChI=1S/C27H26N4O2/c1-33-17-16-31-15-14-20-21(10-7-13-25(20)31)27(32)30-24(18-19-8-3-2-4-9-19)26-28-22-11-5-6-12-23(22)29-26/h2-15,24H,16-18H2,1H3,(H,28,29)(H,30,32)/t24-/m1/s1. The Labute approximate surface area is 192 Å². The predicted molar refractivity (Wildman–Crippen MR) is 130 cm³/mol. The highest BCUT2D eigenvalue weighted by atomic mass is 16.5. The lowest BCUT2D eigenvalue weighted by atomic mass is 10.0. The summed E-state index contributed by atoms with van der Waals surface area (Å²) in [4.78, 5) is 21.6. The molecular formula is C27H26N4O2. The van der Waals surface area contributed by atoms with Gasteiger partial charge in [0.25, 0.3) is 5.91 Å². The van der Waals surface area contributed by atoms with Gasteiger partial charge in [0.05, 0.1) is 23.7 Å². The highest BCUT2D eigenvalue weighted by Gasteiger charge is 2.21. The molecule has 0 aliphatic rings. The van der Waals surface area contributed by atoms with Crippen molar-refractivity contribution < 1.29 is 9.53 Å². The molecule has 0 bridgehead atoms. The number of aromatic amines is 1. The number of para-hydroxylation sites is 2. The lowest BCUT2D eigenvalue weighted by Crippen LogP contribution is -2.31. The van der Waals surface area contributed by atoms with Crippen molar-refractivity contribution in [1.29, 1.82) is 0 Å². The minimum atomic E-state index is -0.293. The van der Waals surface area contributed by atoms with Gasteiger partial charge in [-0.25, -0.2) is 4.98 Å². The second-order valence-corrected chi connectivity index (χ2v) is 8.10. The highest BCUT2D eigenvalue weighted by molar-refractivity contribution is 6.06. The first kappa shape index (κ1) is 21.0. The van der Waals surface area contributed by atoms with E-state index in [9.17, 15) is 4.79 Å². The first-order valence-electron chi connectivity index (χ1n) is 11.1. The Hall–Kier alpha value is -3.90. The fourth-order valence-corrected chi connectivity index (χ4v) is 4.25. The van der Waals surface area contributed by atoms with Gasteiger partial charge in [-0.3, -0.25) is 4.79 Å². The highest BCUT2D eigenvalue weighted by Crippen LogP contribution is 2.24. The van der Waals surface area contributed by atoms with Crippen molar-refractivity contribution in [3.63, 3.8) is 0 Å². The Morgan fingerprint density at radius 1 is 1.03 bits per heavy atom. The number of carbonyl (C=O) groups excluding carboxylic acids is 1. The number of nitrogens with zero attached hydrogens (tertiary/aromatic N) is 2. The fraction of sp³-hybridized carbons (Fsp3) is 0.185. The van der Waals surface area contributed by atoms with Gasteiger partial charge >= 0.3 is 0 Å². The van der Waals surface area contributed by atoms with Gasteiger partial charge in [-0.1, -0.05) is 48.5 Å². The Balaban J connectivity index is 1.47. The van der Waals surface area contributed by atoms with Crippen molar-refractivity contribution in [3.05, 3.63) is 102 Å². The SMILES string of the molecule is COCCn1ccc2c(C(=O)N[C@H](Cc3ccccc3)c3nc4ccccc4[nH]3)cccc21. The first-order chi connectivity index (χ1) is 16.2. The molecular weight excluding hydrogens is 412 g/mol. The van der Waals surface area contributed by atoms with Crippen LogP contribution in [-0.2, 0) is 17.7 Å². The Bertz CT molecular complexity index is 1350. The summed E-state index contributed by atoms with van der Waals surface area (Å²) in [5, 5.41) is 4.16. The van der Waals surface area contributed by atoms with Crippen molar-refractivity contribution in [2.24, 2.45) is 0 Å². The molecule has 33 heavy (non-hydrogen) atoms. The van der Waals surface area contributed by atoms with Gasteiger partial charge in [0.1, 0.15) is 5.82 Å². The Morgan fingerprint density at radius 3 is 2.67 bits per heavy atom. The Morgan fingerprint density at radius 2 is 1.85 bits per heavy atom. The molecule has 0 spiro atoms. The lowest BCUT2D eigenvalue weighted by Gasteiger charge is -2.17. The number of imidazole rings is 1. The number of nitrogens with one attached hydrogen (secondary N) is 2. The number of hydrogen-bond donors (Lipinski definition) is 2. The van der Waals surface area contributed by atoms with Crippen molar-refractivity contribution in [2.45, 2.75) is 19.0 Å². The van der Waals surface area contributed by atoms with Crippen LogP contribution in [0.5, 0.6) is 0 Å². The molecule has 0 aliphatic heterocycles. The third-order valence-electron chi connectivity index (χ3n) is 5.92. The van der Waals surface area contributed by atoms with E-state index in [0.717, 1.165) is 39.9 Å². The zero-order valence-electron chi connectivity index (χ0n) is 18.5. The second kappa shape index (κ2) is 9.30. The molecule has 5 rings (SSSR count). The van der Waals surface area contributed by atoms with Crippen molar-refractivity contribution in [1.82, 2.24) is 19.9 Å².